The molecule has 7 nitrogen and oxygen atoms in total. The molecule has 1 aliphatic heterocycles. The molecule has 0 saturated carbocycles. The van der Waals surface area contributed by atoms with Gasteiger partial charge in [0.05, 0.1) is 28.5 Å². The fourth-order valence-electron chi connectivity index (χ4n) is 3.80. The lowest BCUT2D eigenvalue weighted by Gasteiger charge is -2.27. The van der Waals surface area contributed by atoms with Crippen LogP contribution in [-0.4, -0.2) is 45.3 Å². The normalized spacial score (nSPS) is 14.8. The number of benzene rings is 1. The SMILES string of the molecule is N=Cc1c(N)ccc2nc(-c3cn[nH]c3C(F)(F)F)cc(C(=O)N3CCCCC3)c12. The Morgan fingerprint density at radius 2 is 1.97 bits per heavy atom. The van der Waals surface area contributed by atoms with Gasteiger partial charge in [0.25, 0.3) is 5.91 Å². The molecule has 10 heteroatoms. The monoisotopic (exact) mass is 416 g/mol. The minimum atomic E-state index is -4.65. The number of nitrogen functional groups attached to an aromatic ring is 1. The summed E-state index contributed by atoms with van der Waals surface area (Å²) < 4.78 is 40.1. The summed E-state index contributed by atoms with van der Waals surface area (Å²) in [5, 5.41) is 13.6. The third-order valence-corrected chi connectivity index (χ3v) is 5.27. The molecule has 4 N–H and O–H groups in total. The molecule has 4 rings (SSSR count). The van der Waals surface area contributed by atoms with Crippen molar-refractivity contribution in [3.8, 4) is 11.3 Å². The third-order valence-electron chi connectivity index (χ3n) is 5.27. The number of aromatic nitrogens is 3. The predicted molar refractivity (Wildman–Crippen MR) is 106 cm³/mol. The first-order valence-electron chi connectivity index (χ1n) is 9.45. The van der Waals surface area contributed by atoms with E-state index >= 15 is 0 Å². The molecule has 156 valence electrons. The summed E-state index contributed by atoms with van der Waals surface area (Å²) in [6.07, 6.45) is 0.170. The molecule has 1 amide bonds. The minimum absolute atomic E-state index is 0.0235. The van der Waals surface area contributed by atoms with Crippen molar-refractivity contribution in [1.82, 2.24) is 20.1 Å². The second-order valence-electron chi connectivity index (χ2n) is 7.17. The van der Waals surface area contributed by atoms with E-state index in [0.717, 1.165) is 31.7 Å². The first-order valence-corrected chi connectivity index (χ1v) is 9.45. The zero-order valence-electron chi connectivity index (χ0n) is 15.9. The maximum Gasteiger partial charge on any atom is 0.433 e. The van der Waals surface area contributed by atoms with Crippen LogP contribution in [0.25, 0.3) is 22.2 Å². The smallest absolute Gasteiger partial charge is 0.398 e. The Kier molecular flexibility index (Phi) is 4.92. The van der Waals surface area contributed by atoms with Gasteiger partial charge in [-0.1, -0.05) is 0 Å². The number of H-pyrrole nitrogens is 1. The maximum atomic E-state index is 13.4. The summed E-state index contributed by atoms with van der Waals surface area (Å²) in [5.74, 6) is -0.311. The lowest BCUT2D eigenvalue weighted by molar-refractivity contribution is -0.140. The third kappa shape index (κ3) is 3.38. The molecule has 30 heavy (non-hydrogen) atoms. The van der Waals surface area contributed by atoms with Crippen molar-refractivity contribution in [3.05, 3.63) is 41.2 Å². The Morgan fingerprint density at radius 1 is 1.23 bits per heavy atom. The molecule has 0 aliphatic carbocycles. The molecule has 2 aromatic heterocycles. The van der Waals surface area contributed by atoms with Crippen LogP contribution in [0.4, 0.5) is 18.9 Å². The van der Waals surface area contributed by atoms with Gasteiger partial charge >= 0.3 is 6.18 Å². The maximum absolute atomic E-state index is 13.4. The van der Waals surface area contributed by atoms with Crippen molar-refractivity contribution < 1.29 is 18.0 Å². The Morgan fingerprint density at radius 3 is 2.63 bits per heavy atom. The molecule has 0 spiro atoms. The number of piperidine rings is 1. The summed E-state index contributed by atoms with van der Waals surface area (Å²) in [6.45, 7) is 1.14. The first kappa shape index (κ1) is 19.9. The van der Waals surface area contributed by atoms with E-state index in [9.17, 15) is 18.0 Å². The zero-order chi connectivity index (χ0) is 21.5. The van der Waals surface area contributed by atoms with Gasteiger partial charge in [-0.2, -0.15) is 18.3 Å². The summed E-state index contributed by atoms with van der Waals surface area (Å²) in [6, 6.07) is 4.40. The van der Waals surface area contributed by atoms with E-state index in [4.69, 9.17) is 11.1 Å². The van der Waals surface area contributed by atoms with Crippen molar-refractivity contribution in [2.45, 2.75) is 25.4 Å². The minimum Gasteiger partial charge on any atom is -0.398 e. The van der Waals surface area contributed by atoms with Crippen molar-refractivity contribution in [1.29, 1.82) is 5.41 Å². The van der Waals surface area contributed by atoms with E-state index in [1.165, 1.54) is 12.1 Å². The number of alkyl halides is 3. The average Bonchev–Trinajstić information content (AvgIpc) is 3.24. The number of nitrogens with two attached hydrogens (primary N) is 1. The van der Waals surface area contributed by atoms with Crippen LogP contribution in [0.1, 0.15) is 40.9 Å². The van der Waals surface area contributed by atoms with E-state index < -0.39 is 11.9 Å². The zero-order valence-corrected chi connectivity index (χ0v) is 15.9. The number of carbonyl (C=O) groups is 1. The number of aromatic amines is 1. The Balaban J connectivity index is 1.97. The number of anilines is 1. The number of pyridine rings is 1. The molecule has 3 aromatic rings. The molecule has 1 fully saturated rings. The summed E-state index contributed by atoms with van der Waals surface area (Å²) in [7, 11) is 0. The summed E-state index contributed by atoms with van der Waals surface area (Å²) in [4.78, 5) is 19.4. The van der Waals surface area contributed by atoms with Gasteiger partial charge in [-0.05, 0) is 37.5 Å². The molecular formula is C20H19F3N6O. The van der Waals surface area contributed by atoms with Crippen LogP contribution in [-0.2, 0) is 6.18 Å². The molecule has 0 atom stereocenters. The van der Waals surface area contributed by atoms with Crippen molar-refractivity contribution in [2.75, 3.05) is 18.8 Å². The van der Waals surface area contributed by atoms with E-state index in [1.54, 1.807) is 11.0 Å². The number of hydrogen-bond acceptors (Lipinski definition) is 5. The van der Waals surface area contributed by atoms with Crippen LogP contribution in [0.15, 0.2) is 24.4 Å². The molecular weight excluding hydrogens is 397 g/mol. The number of carbonyl (C=O) groups excluding carboxylic acids is 1. The van der Waals surface area contributed by atoms with E-state index in [1.807, 2.05) is 5.10 Å². The van der Waals surface area contributed by atoms with Gasteiger partial charge in [0, 0.05) is 35.9 Å². The van der Waals surface area contributed by atoms with Crippen molar-refractivity contribution in [3.63, 3.8) is 0 Å². The molecule has 1 aromatic carbocycles. The number of nitrogens with one attached hydrogen (secondary N) is 2. The van der Waals surface area contributed by atoms with Gasteiger partial charge in [-0.25, -0.2) is 4.98 Å². The van der Waals surface area contributed by atoms with E-state index in [2.05, 4.69) is 10.1 Å². The topological polar surface area (TPSA) is 112 Å². The van der Waals surface area contributed by atoms with Crippen molar-refractivity contribution in [2.24, 2.45) is 0 Å². The lowest BCUT2D eigenvalue weighted by Crippen LogP contribution is -2.35. The van der Waals surface area contributed by atoms with Gasteiger partial charge in [0.15, 0.2) is 0 Å². The number of hydrogen-bond donors (Lipinski definition) is 3. The molecule has 1 saturated heterocycles. The summed E-state index contributed by atoms with van der Waals surface area (Å²) in [5.41, 5.74) is 5.76. The van der Waals surface area contributed by atoms with Crippen LogP contribution in [0, 0.1) is 5.41 Å². The number of amides is 1. The van der Waals surface area contributed by atoms with Gasteiger partial charge in [0.2, 0.25) is 0 Å². The number of rotatable bonds is 3. The Hall–Kier alpha value is -3.43. The molecule has 0 bridgehead atoms. The molecule has 0 unspecified atom stereocenters. The lowest BCUT2D eigenvalue weighted by atomic mass is 9.97. The average molecular weight is 416 g/mol. The standard InChI is InChI=1S/C20H19F3N6O/c21-20(22,23)18-13(10-26-28-18)16-8-11(19(30)29-6-2-1-3-7-29)17-12(9-24)14(25)4-5-15(17)27-16/h4-5,8-10,24H,1-3,6-7,25H2,(H,26,28). The Labute approximate surface area is 169 Å². The van der Waals surface area contributed by atoms with Gasteiger partial charge in [-0.3, -0.25) is 9.89 Å². The van der Waals surface area contributed by atoms with Crippen LogP contribution in [0.5, 0.6) is 0 Å². The first-order chi connectivity index (χ1) is 14.3. The highest BCUT2D eigenvalue weighted by molar-refractivity contribution is 6.14. The van der Waals surface area contributed by atoms with E-state index in [0.29, 0.717) is 29.7 Å². The quantitative estimate of drug-likeness (QED) is 0.445. The highest BCUT2D eigenvalue weighted by Crippen LogP contribution is 2.37. The second kappa shape index (κ2) is 7.43. The van der Waals surface area contributed by atoms with Crippen LogP contribution in [0.3, 0.4) is 0 Å². The number of halogens is 3. The van der Waals surface area contributed by atoms with Crippen LogP contribution < -0.4 is 5.73 Å². The highest BCUT2D eigenvalue weighted by atomic mass is 19.4. The van der Waals surface area contributed by atoms with Crippen LogP contribution >= 0.6 is 0 Å². The number of likely N-dealkylation sites (tertiary alicyclic amines) is 1. The van der Waals surface area contributed by atoms with Gasteiger partial charge in [0.1, 0.15) is 5.69 Å². The van der Waals surface area contributed by atoms with E-state index in [-0.39, 0.29) is 28.2 Å². The molecule has 1 aliphatic rings. The van der Waals surface area contributed by atoms with Crippen LogP contribution in [0.2, 0.25) is 0 Å². The fourth-order valence-corrected chi connectivity index (χ4v) is 3.80. The second-order valence-corrected chi connectivity index (χ2v) is 7.17. The molecule has 3 heterocycles. The molecule has 0 radical (unpaired) electrons. The van der Waals surface area contributed by atoms with Gasteiger partial charge in [-0.15, -0.1) is 0 Å². The highest BCUT2D eigenvalue weighted by Gasteiger charge is 2.36. The number of fused-ring (bicyclic) bond motifs is 1. The van der Waals surface area contributed by atoms with Crippen molar-refractivity contribution >= 4 is 28.7 Å². The largest absolute Gasteiger partial charge is 0.433 e. The predicted octanol–water partition coefficient (Wildman–Crippen LogP) is 3.85. The fraction of sp³-hybridized carbons (Fsp3) is 0.300. The summed E-state index contributed by atoms with van der Waals surface area (Å²) >= 11 is 0. The number of nitrogens with zero attached hydrogens (tertiary/aromatic N) is 3. The van der Waals surface area contributed by atoms with Gasteiger partial charge < -0.3 is 16.0 Å². The Bertz CT molecular complexity index is 1130.